The number of nitrogens with two attached hydrogens (primary N) is 1. The van der Waals surface area contributed by atoms with Crippen LogP contribution in [0.1, 0.15) is 38.2 Å². The number of nitrogens with zero attached hydrogens (tertiary/aromatic N) is 1. The van der Waals surface area contributed by atoms with Crippen LogP contribution >= 0.6 is 0 Å². The van der Waals surface area contributed by atoms with Gasteiger partial charge in [-0.2, -0.15) is 0 Å². The second-order valence-corrected chi connectivity index (χ2v) is 8.95. The van der Waals surface area contributed by atoms with Crippen molar-refractivity contribution in [1.82, 2.24) is 10.6 Å². The molecule has 1 amide bonds. The summed E-state index contributed by atoms with van der Waals surface area (Å²) in [4.78, 5) is 15.1. The molecule has 0 aliphatic heterocycles. The zero-order valence-corrected chi connectivity index (χ0v) is 17.6. The first-order valence-corrected chi connectivity index (χ1v) is 11.2. The molecule has 4 N–H and O–H groups in total. The number of carbonyl (C=O) groups is 1. The Labute approximate surface area is 170 Å². The minimum atomic E-state index is -0.724. The van der Waals surface area contributed by atoms with Gasteiger partial charge in [0.1, 0.15) is 5.75 Å². The maximum atomic E-state index is 12.1. The Kier molecular flexibility index (Phi) is 9.27. The number of carbonyl (C=O) groups excluding carboxylic acids is 1. The summed E-state index contributed by atoms with van der Waals surface area (Å²) in [7, 11) is 1.04. The average molecular weight is 409 g/mol. The van der Waals surface area contributed by atoms with Crippen LogP contribution in [0, 0.1) is 0 Å². The molecule has 0 heterocycles. The van der Waals surface area contributed by atoms with E-state index in [4.69, 9.17) is 10.5 Å². The lowest BCUT2D eigenvalue weighted by molar-refractivity contribution is -0.119. The fraction of sp³-hybridized carbons (Fsp3) is 0.600. The van der Waals surface area contributed by atoms with Crippen LogP contribution < -0.4 is 21.1 Å². The van der Waals surface area contributed by atoms with Gasteiger partial charge in [0.15, 0.2) is 12.6 Å². The number of nitrogens with one attached hydrogen (secondary N) is 2. The molecule has 3 atom stereocenters. The van der Waals surface area contributed by atoms with Crippen LogP contribution in [0.4, 0.5) is 0 Å². The normalized spacial score (nSPS) is 21.0. The van der Waals surface area contributed by atoms with E-state index in [0.717, 1.165) is 55.9 Å². The van der Waals surface area contributed by atoms with Gasteiger partial charge in [-0.15, -0.1) is 0 Å². The number of ether oxygens (including phenoxy) is 1. The van der Waals surface area contributed by atoms with Crippen LogP contribution in [0.25, 0.3) is 0 Å². The second-order valence-electron chi connectivity index (χ2n) is 6.95. The van der Waals surface area contributed by atoms with Crippen LogP contribution in [0.5, 0.6) is 5.75 Å². The number of aliphatic imine (C=N–C) groups is 1. The van der Waals surface area contributed by atoms with Crippen molar-refractivity contribution in [2.24, 2.45) is 10.7 Å². The number of hydrogen-bond acceptors (Lipinski definition) is 4. The molecule has 1 aromatic carbocycles. The summed E-state index contributed by atoms with van der Waals surface area (Å²) < 4.78 is 17.4. The Balaban J connectivity index is 1.75. The van der Waals surface area contributed by atoms with E-state index in [2.05, 4.69) is 15.6 Å². The summed E-state index contributed by atoms with van der Waals surface area (Å²) in [5.41, 5.74) is 6.23. The van der Waals surface area contributed by atoms with E-state index in [0.29, 0.717) is 17.0 Å². The van der Waals surface area contributed by atoms with Gasteiger partial charge in [-0.1, -0.05) is 25.5 Å². The van der Waals surface area contributed by atoms with Crippen LogP contribution in [0.2, 0.25) is 0 Å². The Bertz CT molecular complexity index is 679. The summed E-state index contributed by atoms with van der Waals surface area (Å²) in [5, 5.41) is 7.12. The van der Waals surface area contributed by atoms with Gasteiger partial charge in [0.2, 0.25) is 0 Å². The standard InChI is InChI=1S/C20H32N4O3S/c1-3-28(26)18-6-4-5-16(13-18)24-20(22-2)23-12-11-15-7-9-17(10-8-15)27-14-19(21)25/h7-10,16,18H,3-6,11-14H2,1-2H3,(H2,21,25)(H2,22,23,24). The molecule has 8 heteroatoms. The minimum absolute atomic E-state index is 0.114. The van der Waals surface area contributed by atoms with E-state index in [-0.39, 0.29) is 6.61 Å². The predicted octanol–water partition coefficient (Wildman–Crippen LogP) is 1.34. The van der Waals surface area contributed by atoms with E-state index in [9.17, 15) is 9.00 Å². The average Bonchev–Trinajstić information content (AvgIpc) is 2.72. The molecule has 156 valence electrons. The molecule has 1 aromatic rings. The van der Waals surface area contributed by atoms with Crippen molar-refractivity contribution < 1.29 is 13.7 Å². The minimum Gasteiger partial charge on any atom is -0.484 e. The highest BCUT2D eigenvalue weighted by atomic mass is 32.2. The number of primary amides is 1. The molecule has 0 saturated heterocycles. The van der Waals surface area contributed by atoms with Gasteiger partial charge in [-0.05, 0) is 43.4 Å². The van der Waals surface area contributed by atoms with E-state index in [1.165, 1.54) is 0 Å². The van der Waals surface area contributed by atoms with Crippen molar-refractivity contribution in [2.75, 3.05) is 26.0 Å². The summed E-state index contributed by atoms with van der Waals surface area (Å²) in [5.74, 6) is 1.66. The molecule has 0 radical (unpaired) electrons. The van der Waals surface area contributed by atoms with Crippen molar-refractivity contribution in [3.63, 3.8) is 0 Å². The molecule has 0 bridgehead atoms. The van der Waals surface area contributed by atoms with Crippen molar-refractivity contribution in [1.29, 1.82) is 0 Å². The van der Waals surface area contributed by atoms with Gasteiger partial charge < -0.3 is 21.1 Å². The molecule has 0 spiro atoms. The third kappa shape index (κ3) is 7.50. The van der Waals surface area contributed by atoms with Crippen molar-refractivity contribution in [2.45, 2.75) is 50.3 Å². The van der Waals surface area contributed by atoms with Gasteiger partial charge >= 0.3 is 0 Å². The molecule has 28 heavy (non-hydrogen) atoms. The van der Waals surface area contributed by atoms with Crippen LogP contribution in [-0.2, 0) is 22.0 Å². The highest BCUT2D eigenvalue weighted by Gasteiger charge is 2.25. The molecular weight excluding hydrogens is 376 g/mol. The van der Waals surface area contributed by atoms with Gasteiger partial charge in [0.25, 0.3) is 5.91 Å². The number of guanidine groups is 1. The monoisotopic (exact) mass is 408 g/mol. The third-order valence-electron chi connectivity index (χ3n) is 4.86. The largest absolute Gasteiger partial charge is 0.484 e. The van der Waals surface area contributed by atoms with Gasteiger partial charge in [-0.3, -0.25) is 14.0 Å². The Morgan fingerprint density at radius 2 is 2.07 bits per heavy atom. The zero-order valence-electron chi connectivity index (χ0n) is 16.8. The Morgan fingerprint density at radius 1 is 1.32 bits per heavy atom. The van der Waals surface area contributed by atoms with E-state index < -0.39 is 16.7 Å². The fourth-order valence-corrected chi connectivity index (χ4v) is 4.72. The van der Waals surface area contributed by atoms with Crippen molar-refractivity contribution >= 4 is 22.7 Å². The summed E-state index contributed by atoms with van der Waals surface area (Å²) in [6.07, 6.45) is 5.03. The first kappa shape index (κ1) is 22.2. The molecule has 2 rings (SSSR count). The predicted molar refractivity (Wildman–Crippen MR) is 114 cm³/mol. The van der Waals surface area contributed by atoms with E-state index >= 15 is 0 Å². The van der Waals surface area contributed by atoms with Crippen LogP contribution in [-0.4, -0.2) is 53.3 Å². The molecule has 1 fully saturated rings. The van der Waals surface area contributed by atoms with Crippen LogP contribution in [0.3, 0.4) is 0 Å². The smallest absolute Gasteiger partial charge is 0.255 e. The third-order valence-corrected chi connectivity index (χ3v) is 6.60. The molecule has 1 aliphatic rings. The van der Waals surface area contributed by atoms with Crippen LogP contribution in [0.15, 0.2) is 29.3 Å². The molecule has 1 saturated carbocycles. The Hall–Kier alpha value is -2.09. The number of rotatable bonds is 9. The molecular formula is C20H32N4O3S. The summed E-state index contributed by atoms with van der Waals surface area (Å²) in [6.45, 7) is 2.62. The highest BCUT2D eigenvalue weighted by Crippen LogP contribution is 2.23. The summed E-state index contributed by atoms with van der Waals surface area (Å²) in [6, 6.07) is 7.94. The van der Waals surface area contributed by atoms with E-state index in [1.54, 1.807) is 7.05 Å². The lowest BCUT2D eigenvalue weighted by Gasteiger charge is -2.30. The van der Waals surface area contributed by atoms with E-state index in [1.807, 2.05) is 31.2 Å². The first-order valence-electron chi connectivity index (χ1n) is 9.86. The molecule has 1 aliphatic carbocycles. The quantitative estimate of drug-likeness (QED) is 0.422. The number of benzene rings is 1. The van der Waals surface area contributed by atoms with Gasteiger partial charge in [0, 0.05) is 41.4 Å². The number of hydrogen-bond donors (Lipinski definition) is 3. The lowest BCUT2D eigenvalue weighted by Crippen LogP contribution is -2.47. The maximum absolute atomic E-state index is 12.1. The zero-order chi connectivity index (χ0) is 20.4. The second kappa shape index (κ2) is 11.7. The molecule has 0 aromatic heterocycles. The van der Waals surface area contributed by atoms with Crippen molar-refractivity contribution in [3.05, 3.63) is 29.8 Å². The lowest BCUT2D eigenvalue weighted by atomic mass is 9.95. The van der Waals surface area contributed by atoms with Crippen molar-refractivity contribution in [3.8, 4) is 5.75 Å². The number of amides is 1. The fourth-order valence-electron chi connectivity index (χ4n) is 3.37. The SMILES string of the molecule is CCS(=O)C1CCCC(NC(=NC)NCCc2ccc(OCC(N)=O)cc2)C1. The summed E-state index contributed by atoms with van der Waals surface area (Å²) >= 11 is 0. The van der Waals surface area contributed by atoms with Gasteiger partial charge in [-0.25, -0.2) is 0 Å². The Morgan fingerprint density at radius 3 is 2.71 bits per heavy atom. The maximum Gasteiger partial charge on any atom is 0.255 e. The molecule has 7 nitrogen and oxygen atoms in total. The topological polar surface area (TPSA) is 106 Å². The molecule has 3 unspecified atom stereocenters. The highest BCUT2D eigenvalue weighted by molar-refractivity contribution is 7.85. The van der Waals surface area contributed by atoms with Gasteiger partial charge in [0.05, 0.1) is 0 Å². The first-order chi connectivity index (χ1) is 13.5.